The third-order valence-corrected chi connectivity index (χ3v) is 3.84. The third kappa shape index (κ3) is 1.68. The second-order valence-electron chi connectivity index (χ2n) is 4.92. The van der Waals surface area contributed by atoms with Gasteiger partial charge in [0.05, 0.1) is 24.9 Å². The van der Waals surface area contributed by atoms with Gasteiger partial charge in [-0.2, -0.15) is 0 Å². The van der Waals surface area contributed by atoms with Crippen LogP contribution < -0.4 is 0 Å². The van der Waals surface area contributed by atoms with Gasteiger partial charge >= 0.3 is 5.97 Å². The SMILES string of the molecule is COC(=O)C1=C(c2cccn2C)CC2CCC1O2. The molecule has 4 heteroatoms. The number of fused-ring (bicyclic) bond motifs is 2. The molecule has 0 saturated carbocycles. The summed E-state index contributed by atoms with van der Waals surface area (Å²) in [6.07, 6.45) is 4.92. The maximum Gasteiger partial charge on any atom is 0.336 e. The summed E-state index contributed by atoms with van der Waals surface area (Å²) in [4.78, 5) is 12.0. The molecule has 0 N–H and O–H groups in total. The number of esters is 1. The lowest BCUT2D eigenvalue weighted by Gasteiger charge is -2.26. The van der Waals surface area contributed by atoms with Crippen LogP contribution in [-0.4, -0.2) is 29.9 Å². The Balaban J connectivity index is 2.11. The Labute approximate surface area is 106 Å². The quantitative estimate of drug-likeness (QED) is 0.749. The first kappa shape index (κ1) is 11.5. The lowest BCUT2D eigenvalue weighted by atomic mass is 9.95. The van der Waals surface area contributed by atoms with Crippen LogP contribution in [0.3, 0.4) is 0 Å². The van der Waals surface area contributed by atoms with E-state index in [0.717, 1.165) is 30.5 Å². The number of hydrogen-bond donors (Lipinski definition) is 0. The third-order valence-electron chi connectivity index (χ3n) is 3.84. The van der Waals surface area contributed by atoms with Crippen molar-refractivity contribution in [3.63, 3.8) is 0 Å². The van der Waals surface area contributed by atoms with Gasteiger partial charge in [-0.1, -0.05) is 0 Å². The molecule has 4 nitrogen and oxygen atoms in total. The molecule has 0 aliphatic carbocycles. The summed E-state index contributed by atoms with van der Waals surface area (Å²) in [6.45, 7) is 0. The van der Waals surface area contributed by atoms with Crippen molar-refractivity contribution in [2.24, 2.45) is 7.05 Å². The van der Waals surface area contributed by atoms with E-state index in [1.54, 1.807) is 0 Å². The van der Waals surface area contributed by atoms with Crippen molar-refractivity contribution in [2.75, 3.05) is 7.11 Å². The molecule has 0 amide bonds. The maximum absolute atomic E-state index is 12.0. The van der Waals surface area contributed by atoms with Crippen LogP contribution >= 0.6 is 0 Å². The minimum atomic E-state index is -0.253. The summed E-state index contributed by atoms with van der Waals surface area (Å²) in [5.74, 6) is -0.253. The van der Waals surface area contributed by atoms with E-state index in [2.05, 4.69) is 0 Å². The van der Waals surface area contributed by atoms with Crippen molar-refractivity contribution < 1.29 is 14.3 Å². The highest BCUT2D eigenvalue weighted by atomic mass is 16.5. The second-order valence-corrected chi connectivity index (χ2v) is 4.92. The predicted octanol–water partition coefficient (Wildman–Crippen LogP) is 1.90. The molecule has 2 atom stereocenters. The van der Waals surface area contributed by atoms with Crippen molar-refractivity contribution in [3.8, 4) is 0 Å². The van der Waals surface area contributed by atoms with Gasteiger partial charge in [-0.25, -0.2) is 4.79 Å². The van der Waals surface area contributed by atoms with Crippen LogP contribution in [0.2, 0.25) is 0 Å². The standard InChI is InChI=1S/C14H17NO3/c1-15-7-3-4-11(15)10-8-9-5-6-12(18-9)13(10)14(16)17-2/h3-4,7,9,12H,5-6,8H2,1-2H3. The Morgan fingerprint density at radius 2 is 2.33 bits per heavy atom. The number of rotatable bonds is 2. The van der Waals surface area contributed by atoms with Gasteiger partial charge in [-0.05, 0) is 30.5 Å². The van der Waals surface area contributed by atoms with Gasteiger partial charge in [0.2, 0.25) is 0 Å². The van der Waals surface area contributed by atoms with Gasteiger partial charge in [-0.15, -0.1) is 0 Å². The average Bonchev–Trinajstić information content (AvgIpc) is 2.95. The summed E-state index contributed by atoms with van der Waals surface area (Å²) >= 11 is 0. The van der Waals surface area contributed by atoms with Crippen molar-refractivity contribution in [1.29, 1.82) is 0 Å². The molecule has 1 aromatic heterocycles. The Morgan fingerprint density at radius 3 is 3.00 bits per heavy atom. The van der Waals surface area contributed by atoms with Crippen LogP contribution in [0, 0.1) is 0 Å². The average molecular weight is 247 g/mol. The first-order chi connectivity index (χ1) is 8.70. The molecule has 18 heavy (non-hydrogen) atoms. The molecule has 96 valence electrons. The lowest BCUT2D eigenvalue weighted by molar-refractivity contribution is -0.137. The zero-order chi connectivity index (χ0) is 12.7. The van der Waals surface area contributed by atoms with Crippen LogP contribution in [-0.2, 0) is 21.3 Å². The minimum Gasteiger partial charge on any atom is -0.466 e. The van der Waals surface area contributed by atoms with E-state index in [1.807, 2.05) is 29.9 Å². The summed E-state index contributed by atoms with van der Waals surface area (Å²) in [7, 11) is 3.42. The molecule has 3 rings (SSSR count). The van der Waals surface area contributed by atoms with Crippen molar-refractivity contribution in [1.82, 2.24) is 4.57 Å². The number of nitrogens with zero attached hydrogens (tertiary/aromatic N) is 1. The van der Waals surface area contributed by atoms with Gasteiger partial charge in [0, 0.05) is 25.4 Å². The summed E-state index contributed by atoms with van der Waals surface area (Å²) in [5, 5.41) is 0. The van der Waals surface area contributed by atoms with Crippen molar-refractivity contribution in [2.45, 2.75) is 31.5 Å². The molecule has 2 aliphatic rings. The zero-order valence-electron chi connectivity index (χ0n) is 10.7. The van der Waals surface area contributed by atoms with Gasteiger partial charge in [-0.3, -0.25) is 0 Å². The number of carbonyl (C=O) groups is 1. The number of ether oxygens (including phenoxy) is 2. The largest absolute Gasteiger partial charge is 0.466 e. The molecule has 2 bridgehead atoms. The number of carbonyl (C=O) groups excluding carboxylic acids is 1. The maximum atomic E-state index is 12.0. The lowest BCUT2D eigenvalue weighted by Crippen LogP contribution is -2.27. The van der Waals surface area contributed by atoms with Crippen molar-refractivity contribution >= 4 is 11.5 Å². The van der Waals surface area contributed by atoms with Crippen LogP contribution in [0.5, 0.6) is 0 Å². The van der Waals surface area contributed by atoms with Crippen LogP contribution in [0.25, 0.3) is 5.57 Å². The van der Waals surface area contributed by atoms with Crippen LogP contribution in [0.15, 0.2) is 23.9 Å². The fourth-order valence-electron chi connectivity index (χ4n) is 2.98. The van der Waals surface area contributed by atoms with E-state index < -0.39 is 0 Å². The minimum absolute atomic E-state index is 0.0823. The van der Waals surface area contributed by atoms with E-state index in [4.69, 9.17) is 9.47 Å². The molecular weight excluding hydrogens is 230 g/mol. The van der Waals surface area contributed by atoms with E-state index in [-0.39, 0.29) is 18.2 Å². The molecule has 2 unspecified atom stereocenters. The molecule has 0 radical (unpaired) electrons. The van der Waals surface area contributed by atoms with Gasteiger partial charge in [0.1, 0.15) is 0 Å². The molecular formula is C14H17NO3. The normalized spacial score (nSPS) is 26.6. The predicted molar refractivity (Wildman–Crippen MR) is 66.9 cm³/mol. The Bertz CT molecular complexity index is 515. The highest BCUT2D eigenvalue weighted by molar-refractivity contribution is 5.99. The summed E-state index contributed by atoms with van der Waals surface area (Å²) in [5.41, 5.74) is 2.90. The fraction of sp³-hybridized carbons (Fsp3) is 0.500. The van der Waals surface area contributed by atoms with E-state index in [0.29, 0.717) is 5.57 Å². The van der Waals surface area contributed by atoms with Gasteiger partial charge in [0.25, 0.3) is 0 Å². The summed E-state index contributed by atoms with van der Waals surface area (Å²) in [6, 6.07) is 4.04. The fourth-order valence-corrected chi connectivity index (χ4v) is 2.98. The number of methoxy groups -OCH3 is 1. The van der Waals surface area contributed by atoms with E-state index in [1.165, 1.54) is 7.11 Å². The topological polar surface area (TPSA) is 40.5 Å². The second kappa shape index (κ2) is 4.28. The molecule has 0 spiro atoms. The Kier molecular flexibility index (Phi) is 2.74. The van der Waals surface area contributed by atoms with E-state index >= 15 is 0 Å². The molecule has 1 fully saturated rings. The Hall–Kier alpha value is -1.55. The van der Waals surface area contributed by atoms with Crippen molar-refractivity contribution in [3.05, 3.63) is 29.6 Å². The smallest absolute Gasteiger partial charge is 0.336 e. The van der Waals surface area contributed by atoms with Crippen LogP contribution in [0.4, 0.5) is 0 Å². The van der Waals surface area contributed by atoms with Crippen LogP contribution in [0.1, 0.15) is 25.0 Å². The number of hydrogen-bond acceptors (Lipinski definition) is 3. The molecule has 0 aromatic carbocycles. The molecule has 2 aliphatic heterocycles. The molecule has 3 heterocycles. The number of aryl methyl sites for hydroxylation is 1. The monoisotopic (exact) mass is 247 g/mol. The zero-order valence-corrected chi connectivity index (χ0v) is 10.7. The van der Waals surface area contributed by atoms with E-state index in [9.17, 15) is 4.79 Å². The number of aromatic nitrogens is 1. The highest BCUT2D eigenvalue weighted by Crippen LogP contribution is 2.41. The first-order valence-corrected chi connectivity index (χ1v) is 6.29. The first-order valence-electron chi connectivity index (χ1n) is 6.29. The van der Waals surface area contributed by atoms with Gasteiger partial charge < -0.3 is 14.0 Å². The molecule has 1 saturated heterocycles. The Morgan fingerprint density at radius 1 is 1.50 bits per heavy atom. The van der Waals surface area contributed by atoms with Gasteiger partial charge in [0.15, 0.2) is 0 Å². The highest BCUT2D eigenvalue weighted by Gasteiger charge is 2.39. The molecule has 1 aromatic rings. The summed E-state index contributed by atoms with van der Waals surface area (Å²) < 4.78 is 12.8.